The summed E-state index contributed by atoms with van der Waals surface area (Å²) in [5.41, 5.74) is -0.867. The average molecular weight is 201 g/mol. The molecule has 1 saturated heterocycles. The van der Waals surface area contributed by atoms with Crippen LogP contribution in [0.5, 0.6) is 0 Å². The summed E-state index contributed by atoms with van der Waals surface area (Å²) in [6, 6.07) is -0.331. The van der Waals surface area contributed by atoms with Crippen molar-refractivity contribution in [2.45, 2.75) is 32.4 Å². The molecule has 0 saturated carbocycles. The van der Waals surface area contributed by atoms with Crippen molar-refractivity contribution in [2.75, 3.05) is 7.11 Å². The van der Waals surface area contributed by atoms with Crippen molar-refractivity contribution >= 4 is 11.9 Å². The number of hydrogen-bond acceptors (Lipinski definition) is 4. The van der Waals surface area contributed by atoms with Crippen LogP contribution >= 0.6 is 0 Å². The minimum atomic E-state index is -0.867. The number of aliphatic hydroxyl groups excluding tert-OH is 1. The quantitative estimate of drug-likeness (QED) is 0.474. The van der Waals surface area contributed by atoms with Crippen LogP contribution < -0.4 is 5.32 Å². The number of esters is 1. The minimum Gasteiger partial charge on any atom is -0.469 e. The third kappa shape index (κ3) is 1.48. The van der Waals surface area contributed by atoms with Crippen LogP contribution in [0.4, 0.5) is 0 Å². The molecular formula is C9H15NO4. The smallest absolute Gasteiger partial charge is 0.307 e. The highest BCUT2D eigenvalue weighted by Crippen LogP contribution is 2.36. The minimum absolute atomic E-state index is 0.101. The molecule has 5 heteroatoms. The molecule has 14 heavy (non-hydrogen) atoms. The van der Waals surface area contributed by atoms with Gasteiger partial charge < -0.3 is 15.2 Å². The average Bonchev–Trinajstić information content (AvgIpc) is 2.15. The Hall–Kier alpha value is -1.10. The fraction of sp³-hybridized carbons (Fsp3) is 0.778. The largest absolute Gasteiger partial charge is 0.469 e. The highest BCUT2D eigenvalue weighted by atomic mass is 16.5. The molecule has 1 fully saturated rings. The van der Waals surface area contributed by atoms with Crippen molar-refractivity contribution < 1.29 is 19.4 Å². The first-order valence-electron chi connectivity index (χ1n) is 4.48. The van der Waals surface area contributed by atoms with E-state index in [4.69, 9.17) is 0 Å². The molecule has 0 aliphatic carbocycles. The SMILES string of the molecule is COC(=O)CC1NC(=O)[C@]1(C)[C@H](C)O. The maximum Gasteiger partial charge on any atom is 0.307 e. The molecule has 0 aromatic rings. The van der Waals surface area contributed by atoms with E-state index in [1.54, 1.807) is 13.8 Å². The molecule has 2 N–H and O–H groups in total. The van der Waals surface area contributed by atoms with Crippen molar-refractivity contribution in [1.82, 2.24) is 5.32 Å². The van der Waals surface area contributed by atoms with Gasteiger partial charge in [0, 0.05) is 0 Å². The van der Waals surface area contributed by atoms with Crippen molar-refractivity contribution in [2.24, 2.45) is 5.41 Å². The lowest BCUT2D eigenvalue weighted by Gasteiger charge is -2.47. The summed E-state index contributed by atoms with van der Waals surface area (Å²) in [6.07, 6.45) is -0.671. The van der Waals surface area contributed by atoms with E-state index in [-0.39, 0.29) is 24.3 Å². The summed E-state index contributed by atoms with van der Waals surface area (Å²) in [7, 11) is 1.29. The molecule has 0 aromatic heterocycles. The van der Waals surface area contributed by atoms with Gasteiger partial charge in [0.2, 0.25) is 5.91 Å². The third-order valence-corrected chi connectivity index (χ3v) is 2.98. The molecule has 0 spiro atoms. The molecule has 1 amide bonds. The zero-order valence-corrected chi connectivity index (χ0v) is 8.53. The van der Waals surface area contributed by atoms with Crippen LogP contribution in [0.2, 0.25) is 0 Å². The fourth-order valence-electron chi connectivity index (χ4n) is 1.54. The normalized spacial score (nSPS) is 32.9. The molecule has 1 aliphatic rings. The Morgan fingerprint density at radius 3 is 2.71 bits per heavy atom. The van der Waals surface area contributed by atoms with Gasteiger partial charge in [0.15, 0.2) is 0 Å². The number of methoxy groups -OCH3 is 1. The Kier molecular flexibility index (Phi) is 2.80. The van der Waals surface area contributed by atoms with Crippen LogP contribution in [0.15, 0.2) is 0 Å². The van der Waals surface area contributed by atoms with Gasteiger partial charge in [-0.2, -0.15) is 0 Å². The van der Waals surface area contributed by atoms with Gasteiger partial charge in [-0.25, -0.2) is 0 Å². The maximum atomic E-state index is 11.3. The summed E-state index contributed by atoms with van der Waals surface area (Å²) in [5.74, 6) is -0.608. The summed E-state index contributed by atoms with van der Waals surface area (Å²) in [5, 5.41) is 12.0. The zero-order valence-electron chi connectivity index (χ0n) is 8.53. The van der Waals surface area contributed by atoms with E-state index in [1.807, 2.05) is 0 Å². The van der Waals surface area contributed by atoms with Crippen LogP contribution in [0, 0.1) is 5.41 Å². The second-order valence-electron chi connectivity index (χ2n) is 3.76. The molecule has 80 valence electrons. The van der Waals surface area contributed by atoms with E-state index in [9.17, 15) is 14.7 Å². The molecule has 5 nitrogen and oxygen atoms in total. The molecule has 3 atom stereocenters. The van der Waals surface area contributed by atoms with E-state index < -0.39 is 11.5 Å². The number of nitrogens with one attached hydrogen (secondary N) is 1. The molecule has 1 heterocycles. The van der Waals surface area contributed by atoms with E-state index in [0.29, 0.717) is 0 Å². The number of rotatable bonds is 3. The molecule has 0 bridgehead atoms. The number of ether oxygens (including phenoxy) is 1. The van der Waals surface area contributed by atoms with Gasteiger partial charge in [-0.15, -0.1) is 0 Å². The van der Waals surface area contributed by atoms with Crippen LogP contribution in [0.3, 0.4) is 0 Å². The Morgan fingerprint density at radius 2 is 2.36 bits per heavy atom. The number of hydrogen-bond donors (Lipinski definition) is 2. The van der Waals surface area contributed by atoms with Gasteiger partial charge in [-0.05, 0) is 13.8 Å². The Balaban J connectivity index is 2.66. The van der Waals surface area contributed by atoms with Crippen molar-refractivity contribution in [3.63, 3.8) is 0 Å². The van der Waals surface area contributed by atoms with Crippen molar-refractivity contribution in [3.8, 4) is 0 Å². The second-order valence-corrected chi connectivity index (χ2v) is 3.76. The monoisotopic (exact) mass is 201 g/mol. The lowest BCUT2D eigenvalue weighted by molar-refractivity contribution is -0.159. The zero-order chi connectivity index (χ0) is 10.9. The summed E-state index contributed by atoms with van der Waals surface area (Å²) in [6.45, 7) is 3.19. The van der Waals surface area contributed by atoms with Gasteiger partial charge >= 0.3 is 5.97 Å². The summed E-state index contributed by atoms with van der Waals surface area (Å²) < 4.78 is 4.49. The van der Waals surface area contributed by atoms with Crippen molar-refractivity contribution in [1.29, 1.82) is 0 Å². The topological polar surface area (TPSA) is 75.6 Å². The first kappa shape index (κ1) is 11.0. The Labute approximate surface area is 82.4 Å². The predicted octanol–water partition coefficient (Wildman–Crippen LogP) is -0.565. The van der Waals surface area contributed by atoms with Gasteiger partial charge in [0.05, 0.1) is 31.1 Å². The lowest BCUT2D eigenvalue weighted by Crippen LogP contribution is -2.70. The van der Waals surface area contributed by atoms with E-state index in [0.717, 1.165) is 0 Å². The number of carbonyl (C=O) groups excluding carboxylic acids is 2. The number of carbonyl (C=O) groups is 2. The summed E-state index contributed by atoms with van der Waals surface area (Å²) in [4.78, 5) is 22.2. The number of amides is 1. The molecule has 1 unspecified atom stereocenters. The number of aliphatic hydroxyl groups is 1. The highest BCUT2D eigenvalue weighted by Gasteiger charge is 2.55. The van der Waals surface area contributed by atoms with Gasteiger partial charge in [0.25, 0.3) is 0 Å². The second kappa shape index (κ2) is 3.57. The molecule has 0 radical (unpaired) electrons. The maximum absolute atomic E-state index is 11.3. The fourth-order valence-corrected chi connectivity index (χ4v) is 1.54. The predicted molar refractivity (Wildman–Crippen MR) is 48.4 cm³/mol. The van der Waals surface area contributed by atoms with E-state index >= 15 is 0 Å². The molecule has 0 aromatic carbocycles. The molecule has 1 aliphatic heterocycles. The van der Waals surface area contributed by atoms with Gasteiger partial charge in [-0.3, -0.25) is 9.59 Å². The lowest BCUT2D eigenvalue weighted by atomic mass is 9.69. The Morgan fingerprint density at radius 1 is 1.79 bits per heavy atom. The highest BCUT2D eigenvalue weighted by molar-refractivity contribution is 5.91. The van der Waals surface area contributed by atoms with Crippen LogP contribution in [-0.2, 0) is 14.3 Å². The van der Waals surface area contributed by atoms with E-state index in [2.05, 4.69) is 10.1 Å². The van der Waals surface area contributed by atoms with Gasteiger partial charge in [-0.1, -0.05) is 0 Å². The molecular weight excluding hydrogens is 186 g/mol. The van der Waals surface area contributed by atoms with Crippen LogP contribution in [0.1, 0.15) is 20.3 Å². The number of β-lactam (4-membered cyclic amide) rings is 1. The Bertz CT molecular complexity index is 264. The summed E-state index contributed by atoms with van der Waals surface area (Å²) >= 11 is 0. The third-order valence-electron chi connectivity index (χ3n) is 2.98. The standard InChI is InChI=1S/C9H15NO4/c1-5(11)9(2)6(10-8(9)13)4-7(12)14-3/h5-6,11H,4H2,1-3H3,(H,10,13)/t5-,6?,9+/m0/s1. The van der Waals surface area contributed by atoms with E-state index in [1.165, 1.54) is 7.11 Å². The first-order valence-corrected chi connectivity index (χ1v) is 4.48. The van der Waals surface area contributed by atoms with Crippen molar-refractivity contribution in [3.05, 3.63) is 0 Å². The van der Waals surface area contributed by atoms with Crippen LogP contribution in [-0.4, -0.2) is 36.2 Å². The first-order chi connectivity index (χ1) is 6.42. The molecule has 1 rings (SSSR count). The van der Waals surface area contributed by atoms with Gasteiger partial charge in [0.1, 0.15) is 0 Å². The van der Waals surface area contributed by atoms with Crippen LogP contribution in [0.25, 0.3) is 0 Å².